The average molecular weight is 335 g/mol. The molecule has 1 aromatic heterocycles. The van der Waals surface area contributed by atoms with Crippen LogP contribution in [0.1, 0.15) is 25.6 Å². The number of furan rings is 1. The largest absolute Gasteiger partial charge is 0.463 e. The number of quaternary nitrogens is 1. The molecule has 3 N–H and O–H groups in total. The van der Waals surface area contributed by atoms with E-state index in [9.17, 15) is 4.79 Å². The molecule has 128 valence electrons. The molecule has 0 radical (unpaired) electrons. The quantitative estimate of drug-likeness (QED) is 0.723. The summed E-state index contributed by atoms with van der Waals surface area (Å²) in [6, 6.07) is 21.6. The topological polar surface area (TPSA) is 58.9 Å². The van der Waals surface area contributed by atoms with Crippen LogP contribution in [0.25, 0.3) is 11.1 Å². The van der Waals surface area contributed by atoms with Crippen molar-refractivity contribution in [1.29, 1.82) is 0 Å². The number of nitrogens with one attached hydrogen (secondary N) is 1. The maximum absolute atomic E-state index is 12.6. The van der Waals surface area contributed by atoms with Gasteiger partial charge in [-0.05, 0) is 37.6 Å². The van der Waals surface area contributed by atoms with Gasteiger partial charge in [-0.3, -0.25) is 4.79 Å². The number of benzene rings is 2. The monoisotopic (exact) mass is 335 g/mol. The van der Waals surface area contributed by atoms with Crippen LogP contribution in [0.15, 0.2) is 77.4 Å². The van der Waals surface area contributed by atoms with Gasteiger partial charge >= 0.3 is 0 Å². The Labute approximate surface area is 147 Å². The van der Waals surface area contributed by atoms with Gasteiger partial charge in [0.2, 0.25) is 0 Å². The highest BCUT2D eigenvalue weighted by molar-refractivity contribution is 5.97. The van der Waals surface area contributed by atoms with Gasteiger partial charge < -0.3 is 15.1 Å². The summed E-state index contributed by atoms with van der Waals surface area (Å²) in [6.45, 7) is 3.93. The first kappa shape index (κ1) is 17.0. The number of hydrogen-bond acceptors (Lipinski definition) is 2. The molecular formula is C21H23N2O2+. The summed E-state index contributed by atoms with van der Waals surface area (Å²) in [5.41, 5.74) is 2.92. The van der Waals surface area contributed by atoms with E-state index in [1.165, 1.54) is 0 Å². The Bertz CT molecular complexity index is 813. The molecule has 0 unspecified atom stereocenters. The molecule has 0 saturated heterocycles. The molecule has 3 aromatic rings. The maximum Gasteiger partial charge on any atom is 0.282 e. The Hall–Kier alpha value is -2.85. The van der Waals surface area contributed by atoms with Crippen LogP contribution < -0.4 is 10.6 Å². The van der Waals surface area contributed by atoms with Crippen molar-refractivity contribution in [1.82, 2.24) is 0 Å². The van der Waals surface area contributed by atoms with Crippen molar-refractivity contribution in [3.05, 3.63) is 78.8 Å². The molecule has 0 bridgehead atoms. The van der Waals surface area contributed by atoms with Crippen LogP contribution in [-0.2, 0) is 4.79 Å². The number of carbonyl (C=O) groups excluding carboxylic acids is 1. The third-order valence-electron chi connectivity index (χ3n) is 4.25. The van der Waals surface area contributed by atoms with Crippen molar-refractivity contribution in [3.8, 4) is 11.1 Å². The lowest BCUT2D eigenvalue weighted by Gasteiger charge is -2.16. The number of para-hydroxylation sites is 1. The van der Waals surface area contributed by atoms with Crippen molar-refractivity contribution in [2.24, 2.45) is 0 Å². The molecule has 0 aliphatic heterocycles. The first-order valence-electron chi connectivity index (χ1n) is 8.49. The van der Waals surface area contributed by atoms with Gasteiger partial charge in [0.05, 0.1) is 6.26 Å². The highest BCUT2D eigenvalue weighted by atomic mass is 16.3. The molecule has 0 aliphatic carbocycles. The van der Waals surface area contributed by atoms with Gasteiger partial charge in [0.15, 0.2) is 11.8 Å². The van der Waals surface area contributed by atoms with E-state index in [4.69, 9.17) is 4.42 Å². The Kier molecular flexibility index (Phi) is 5.31. The Morgan fingerprint density at radius 3 is 2.40 bits per heavy atom. The van der Waals surface area contributed by atoms with Crippen molar-refractivity contribution in [3.63, 3.8) is 0 Å². The SMILES string of the molecule is C[C@@H]([NH2+][C@H](C)c1ccco1)C(=O)Nc1ccccc1-c1ccccc1. The fraction of sp³-hybridized carbons (Fsp3) is 0.190. The molecule has 2 atom stereocenters. The van der Waals surface area contributed by atoms with Crippen molar-refractivity contribution >= 4 is 11.6 Å². The van der Waals surface area contributed by atoms with E-state index in [-0.39, 0.29) is 18.0 Å². The van der Waals surface area contributed by atoms with Crippen LogP contribution in [0, 0.1) is 0 Å². The second-order valence-corrected chi connectivity index (χ2v) is 6.19. The summed E-state index contributed by atoms with van der Waals surface area (Å²) in [5, 5.41) is 5.06. The molecule has 0 spiro atoms. The fourth-order valence-electron chi connectivity index (χ4n) is 2.87. The molecule has 4 nitrogen and oxygen atoms in total. The number of hydrogen-bond donors (Lipinski definition) is 2. The van der Waals surface area contributed by atoms with Crippen LogP contribution in [0.3, 0.4) is 0 Å². The third kappa shape index (κ3) is 4.17. The second-order valence-electron chi connectivity index (χ2n) is 6.19. The zero-order chi connectivity index (χ0) is 17.6. The molecule has 25 heavy (non-hydrogen) atoms. The predicted molar refractivity (Wildman–Crippen MR) is 99.0 cm³/mol. The van der Waals surface area contributed by atoms with Crippen LogP contribution >= 0.6 is 0 Å². The molecule has 3 rings (SSSR count). The molecule has 4 heteroatoms. The molecule has 0 fully saturated rings. The number of nitrogens with two attached hydrogens (primary N) is 1. The smallest absolute Gasteiger partial charge is 0.282 e. The van der Waals surface area contributed by atoms with E-state index >= 15 is 0 Å². The highest BCUT2D eigenvalue weighted by Gasteiger charge is 2.22. The summed E-state index contributed by atoms with van der Waals surface area (Å²) < 4.78 is 5.41. The third-order valence-corrected chi connectivity index (χ3v) is 4.25. The molecule has 1 heterocycles. The van der Waals surface area contributed by atoms with E-state index < -0.39 is 0 Å². The van der Waals surface area contributed by atoms with Crippen molar-refractivity contribution in [2.75, 3.05) is 5.32 Å². The van der Waals surface area contributed by atoms with Crippen LogP contribution in [0.4, 0.5) is 5.69 Å². The summed E-state index contributed by atoms with van der Waals surface area (Å²) >= 11 is 0. The summed E-state index contributed by atoms with van der Waals surface area (Å²) in [6.07, 6.45) is 1.65. The van der Waals surface area contributed by atoms with E-state index in [2.05, 4.69) is 5.32 Å². The first-order valence-corrected chi connectivity index (χ1v) is 8.49. The minimum atomic E-state index is -0.232. The van der Waals surface area contributed by atoms with Crippen LogP contribution in [0.2, 0.25) is 0 Å². The molecular weight excluding hydrogens is 312 g/mol. The maximum atomic E-state index is 12.6. The lowest BCUT2D eigenvalue weighted by Crippen LogP contribution is -2.91. The van der Waals surface area contributed by atoms with Gasteiger partial charge in [-0.2, -0.15) is 0 Å². The predicted octanol–water partition coefficient (Wildman–Crippen LogP) is 3.60. The summed E-state index contributed by atoms with van der Waals surface area (Å²) in [7, 11) is 0. The Morgan fingerprint density at radius 2 is 1.68 bits per heavy atom. The normalized spacial score (nSPS) is 13.2. The summed E-state index contributed by atoms with van der Waals surface area (Å²) in [5.74, 6) is 0.839. The molecule has 0 saturated carbocycles. The van der Waals surface area contributed by atoms with Gasteiger partial charge in [0.25, 0.3) is 5.91 Å². The molecule has 2 aromatic carbocycles. The fourth-order valence-corrected chi connectivity index (χ4v) is 2.87. The Balaban J connectivity index is 1.71. The summed E-state index contributed by atoms with van der Waals surface area (Å²) in [4.78, 5) is 12.6. The van der Waals surface area contributed by atoms with Crippen molar-refractivity contribution in [2.45, 2.75) is 25.9 Å². The second kappa shape index (κ2) is 7.81. The van der Waals surface area contributed by atoms with Gasteiger partial charge in [-0.15, -0.1) is 0 Å². The minimum absolute atomic E-state index is 0.0261. The number of carbonyl (C=O) groups is 1. The first-order chi connectivity index (χ1) is 12.1. The van der Waals surface area contributed by atoms with Gasteiger partial charge in [-0.1, -0.05) is 48.5 Å². The van der Waals surface area contributed by atoms with E-state index in [1.807, 2.05) is 85.9 Å². The van der Waals surface area contributed by atoms with E-state index in [0.717, 1.165) is 22.6 Å². The number of rotatable bonds is 6. The van der Waals surface area contributed by atoms with E-state index in [1.54, 1.807) is 6.26 Å². The van der Waals surface area contributed by atoms with E-state index in [0.29, 0.717) is 0 Å². The standard InChI is InChI=1S/C21H22N2O2/c1-15(20-13-8-14-25-20)22-16(2)21(24)23-19-12-7-6-11-18(19)17-9-4-3-5-10-17/h3-16,22H,1-2H3,(H,23,24)/p+1/t15-,16-/m1/s1. The highest BCUT2D eigenvalue weighted by Crippen LogP contribution is 2.27. The van der Waals surface area contributed by atoms with Crippen molar-refractivity contribution < 1.29 is 14.5 Å². The van der Waals surface area contributed by atoms with Gasteiger partial charge in [-0.25, -0.2) is 0 Å². The Morgan fingerprint density at radius 1 is 0.960 bits per heavy atom. The zero-order valence-electron chi connectivity index (χ0n) is 14.5. The number of amides is 1. The zero-order valence-corrected chi connectivity index (χ0v) is 14.5. The van der Waals surface area contributed by atoms with Crippen LogP contribution in [0.5, 0.6) is 0 Å². The minimum Gasteiger partial charge on any atom is -0.463 e. The lowest BCUT2D eigenvalue weighted by atomic mass is 10.0. The molecule has 0 aliphatic rings. The van der Waals surface area contributed by atoms with Crippen LogP contribution in [-0.4, -0.2) is 11.9 Å². The molecule has 1 amide bonds. The average Bonchev–Trinajstić information content (AvgIpc) is 3.17. The van der Waals surface area contributed by atoms with Gasteiger partial charge in [0.1, 0.15) is 6.04 Å². The van der Waals surface area contributed by atoms with Gasteiger partial charge in [0, 0.05) is 11.3 Å². The lowest BCUT2D eigenvalue weighted by molar-refractivity contribution is -0.711. The number of anilines is 1.